The molecule has 0 aromatic heterocycles. The van der Waals surface area contributed by atoms with Crippen molar-refractivity contribution in [1.82, 2.24) is 10.6 Å². The summed E-state index contributed by atoms with van der Waals surface area (Å²) in [6.07, 6.45) is 1.09. The monoisotopic (exact) mass is 848 g/mol. The number of carbonyl (C=O) groups excluding carboxylic acids is 2. The van der Waals surface area contributed by atoms with Crippen LogP contribution >= 0.6 is 0 Å². The van der Waals surface area contributed by atoms with Crippen LogP contribution in [-0.4, -0.2) is 83.4 Å². The van der Waals surface area contributed by atoms with Crippen LogP contribution < -0.4 is 49.3 Å². The van der Waals surface area contributed by atoms with Gasteiger partial charge in [0.2, 0.25) is 20.0 Å². The number of hydrogen-bond acceptors (Lipinski definition) is 12. The van der Waals surface area contributed by atoms with Crippen molar-refractivity contribution in [3.05, 3.63) is 94.6 Å². The molecule has 0 spiro atoms. The number of fused-ring (bicyclic) bond motifs is 2. The largest absolute Gasteiger partial charge is 0.496 e. The molecule has 2 unspecified atom stereocenters. The van der Waals surface area contributed by atoms with E-state index >= 15 is 0 Å². The van der Waals surface area contributed by atoms with Crippen LogP contribution in [0.15, 0.2) is 70.5 Å². The molecule has 0 fully saturated rings. The number of hydrogen-bond donors (Lipinski definition) is 4. The molecule has 0 radical (unpaired) electrons. The predicted octanol–water partition coefficient (Wildman–Crippen LogP) is 3.57. The number of nitrogens with one attached hydrogen (secondary N) is 2. The first-order valence-electron chi connectivity index (χ1n) is 17.5. The van der Waals surface area contributed by atoms with Crippen molar-refractivity contribution in [1.29, 1.82) is 0 Å². The van der Waals surface area contributed by atoms with E-state index in [0.29, 0.717) is 48.7 Å². The third kappa shape index (κ3) is 10.0. The lowest BCUT2D eigenvalue weighted by Gasteiger charge is -2.27. The van der Waals surface area contributed by atoms with Crippen LogP contribution in [-0.2, 0) is 20.0 Å². The quantitative estimate of drug-likeness (QED) is 0.160. The van der Waals surface area contributed by atoms with E-state index in [1.54, 1.807) is 0 Å². The fraction of sp³-hybridized carbons (Fsp3) is 0.316. The van der Waals surface area contributed by atoms with Gasteiger partial charge in [-0.05, 0) is 61.4 Å². The zero-order valence-electron chi connectivity index (χ0n) is 31.8. The third-order valence-corrected chi connectivity index (χ3v) is 11.2. The Hall–Kier alpha value is -5.70. The molecular formula is C38H42F2N4O12S2. The minimum atomic E-state index is -4.02. The van der Waals surface area contributed by atoms with Crippen LogP contribution in [0.4, 0.5) is 8.78 Å². The average molecular weight is 849 g/mol. The Balaban J connectivity index is 0.000000221. The van der Waals surface area contributed by atoms with Gasteiger partial charge >= 0.3 is 0 Å². The number of benzene rings is 4. The van der Waals surface area contributed by atoms with E-state index in [2.05, 4.69) is 10.6 Å². The molecule has 4 aromatic carbocycles. The number of halogens is 2. The molecule has 2 amide bonds. The van der Waals surface area contributed by atoms with Gasteiger partial charge in [-0.1, -0.05) is 0 Å². The molecule has 0 bridgehead atoms. The number of carbonyl (C=O) groups is 2. The molecule has 2 atom stereocenters. The van der Waals surface area contributed by atoms with Gasteiger partial charge in [0.05, 0.1) is 52.8 Å². The van der Waals surface area contributed by atoms with Gasteiger partial charge in [0, 0.05) is 48.2 Å². The molecule has 6 N–H and O–H groups in total. The lowest BCUT2D eigenvalue weighted by Crippen LogP contribution is -2.31. The number of primary sulfonamides is 2. The first-order chi connectivity index (χ1) is 27.5. The van der Waals surface area contributed by atoms with Crippen molar-refractivity contribution in [2.45, 2.75) is 34.5 Å². The Morgan fingerprint density at radius 1 is 0.621 bits per heavy atom. The van der Waals surface area contributed by atoms with E-state index in [0.717, 1.165) is 12.1 Å². The maximum atomic E-state index is 13.5. The van der Waals surface area contributed by atoms with Crippen molar-refractivity contribution >= 4 is 31.9 Å². The van der Waals surface area contributed by atoms with E-state index in [1.165, 1.54) is 77.0 Å². The third-order valence-electron chi connectivity index (χ3n) is 9.36. The number of nitrogens with two attached hydrogens (primary N) is 2. The molecule has 0 saturated heterocycles. The van der Waals surface area contributed by atoms with E-state index in [4.69, 9.17) is 38.7 Å². The normalized spacial score (nSPS) is 15.8. The minimum Gasteiger partial charge on any atom is -0.496 e. The van der Waals surface area contributed by atoms with Crippen LogP contribution in [0.2, 0.25) is 0 Å². The summed E-state index contributed by atoms with van der Waals surface area (Å²) in [5.74, 6) is -0.997. The first kappa shape index (κ1) is 43.4. The van der Waals surface area contributed by atoms with Gasteiger partial charge in [-0.25, -0.2) is 35.9 Å². The Bertz CT molecular complexity index is 2250. The highest BCUT2D eigenvalue weighted by molar-refractivity contribution is 7.89. The highest BCUT2D eigenvalue weighted by Gasteiger charge is 2.29. The lowest BCUT2D eigenvalue weighted by molar-refractivity contribution is 0.0936. The SMILES string of the molecule is COc1ccc(F)cc1C(=O)NCC1CCOc2cc(OC)c(S(N)(=O)=O)cc21.COc1ccc(F)cc1C(=O)NCC1CCOc2cc(OC)c(S(N)(=O)=O)cc21. The standard InChI is InChI=1S/2C19H21FN2O6S/c2*1-26-15-4-3-12(20)7-14(15)19(23)22-10-11-5-6-28-16-9-17(27-2)18(8-13(11)16)29(21,24)25/h2*3-4,7-9,11H,5-6,10H2,1-2H3,(H,22,23)(H2,21,24,25). The van der Waals surface area contributed by atoms with Gasteiger partial charge in [-0.2, -0.15) is 0 Å². The lowest BCUT2D eigenvalue weighted by atomic mass is 9.92. The van der Waals surface area contributed by atoms with Crippen LogP contribution in [0.25, 0.3) is 0 Å². The van der Waals surface area contributed by atoms with Gasteiger partial charge < -0.3 is 39.1 Å². The summed E-state index contributed by atoms with van der Waals surface area (Å²) in [5.41, 5.74) is 1.32. The van der Waals surface area contributed by atoms with Gasteiger partial charge in [-0.3, -0.25) is 9.59 Å². The maximum Gasteiger partial charge on any atom is 0.255 e. The van der Waals surface area contributed by atoms with Crippen molar-refractivity contribution in [2.75, 3.05) is 54.7 Å². The molecule has 0 aliphatic carbocycles. The van der Waals surface area contributed by atoms with Crippen LogP contribution in [0.1, 0.15) is 56.5 Å². The molecule has 0 saturated carbocycles. The Morgan fingerprint density at radius 3 is 1.31 bits per heavy atom. The molecule has 6 rings (SSSR count). The number of rotatable bonds is 12. The average Bonchev–Trinajstić information content (AvgIpc) is 3.20. The number of methoxy groups -OCH3 is 4. The van der Waals surface area contributed by atoms with E-state index in [1.807, 2.05) is 0 Å². The molecule has 2 heterocycles. The summed E-state index contributed by atoms with van der Waals surface area (Å²) in [6, 6.07) is 13.1. The Kier molecular flexibility index (Phi) is 13.7. The van der Waals surface area contributed by atoms with Crippen LogP contribution in [0, 0.1) is 11.6 Å². The summed E-state index contributed by atoms with van der Waals surface area (Å²) in [4.78, 5) is 24.7. The maximum absolute atomic E-state index is 13.5. The molecule has 312 valence electrons. The van der Waals surface area contributed by atoms with E-state index in [-0.39, 0.29) is 68.8 Å². The zero-order chi connectivity index (χ0) is 42.4. The smallest absolute Gasteiger partial charge is 0.255 e. The molecular weight excluding hydrogens is 807 g/mol. The summed E-state index contributed by atoms with van der Waals surface area (Å²) in [5, 5.41) is 16.1. The fourth-order valence-corrected chi connectivity index (χ4v) is 7.89. The Morgan fingerprint density at radius 2 is 0.983 bits per heavy atom. The minimum absolute atomic E-state index is 0.0692. The van der Waals surface area contributed by atoms with Crippen LogP contribution in [0.5, 0.6) is 34.5 Å². The predicted molar refractivity (Wildman–Crippen MR) is 205 cm³/mol. The van der Waals surface area contributed by atoms with Gasteiger partial charge in [-0.15, -0.1) is 0 Å². The molecule has 2 aliphatic rings. The summed E-state index contributed by atoms with van der Waals surface area (Å²) < 4.78 is 106. The second-order valence-corrected chi connectivity index (χ2v) is 16.0. The molecule has 20 heteroatoms. The van der Waals surface area contributed by atoms with Crippen molar-refractivity contribution in [2.24, 2.45) is 10.3 Å². The summed E-state index contributed by atoms with van der Waals surface area (Å²) in [6.45, 7) is 1.14. The Labute approximate surface area is 333 Å². The summed E-state index contributed by atoms with van der Waals surface area (Å²) in [7, 11) is -2.58. The summed E-state index contributed by atoms with van der Waals surface area (Å²) >= 11 is 0. The fourth-order valence-electron chi connectivity index (χ4n) is 6.46. The van der Waals surface area contributed by atoms with Crippen molar-refractivity contribution in [3.63, 3.8) is 0 Å². The molecule has 58 heavy (non-hydrogen) atoms. The number of ether oxygens (including phenoxy) is 6. The molecule has 2 aliphatic heterocycles. The number of amides is 2. The second kappa shape index (κ2) is 18.3. The second-order valence-electron chi connectivity index (χ2n) is 12.9. The first-order valence-corrected chi connectivity index (χ1v) is 20.6. The van der Waals surface area contributed by atoms with Crippen LogP contribution in [0.3, 0.4) is 0 Å². The van der Waals surface area contributed by atoms with E-state index in [9.17, 15) is 35.2 Å². The van der Waals surface area contributed by atoms with E-state index < -0.39 is 43.5 Å². The topological polar surface area (TPSA) is 234 Å². The van der Waals surface area contributed by atoms with Gasteiger partial charge in [0.1, 0.15) is 55.9 Å². The van der Waals surface area contributed by atoms with Gasteiger partial charge in [0.25, 0.3) is 11.8 Å². The number of sulfonamides is 2. The highest BCUT2D eigenvalue weighted by atomic mass is 32.2. The zero-order valence-corrected chi connectivity index (χ0v) is 33.4. The van der Waals surface area contributed by atoms with Crippen molar-refractivity contribution in [3.8, 4) is 34.5 Å². The highest BCUT2D eigenvalue weighted by Crippen LogP contribution is 2.41. The molecule has 4 aromatic rings. The van der Waals surface area contributed by atoms with Crippen molar-refractivity contribution < 1.29 is 63.6 Å². The molecule has 16 nitrogen and oxygen atoms in total. The van der Waals surface area contributed by atoms with Gasteiger partial charge in [0.15, 0.2) is 0 Å².